The van der Waals surface area contributed by atoms with Crippen LogP contribution in [0.2, 0.25) is 10.0 Å². The topological polar surface area (TPSA) is 87.3 Å². The van der Waals surface area contributed by atoms with Gasteiger partial charge in [0.25, 0.3) is 11.8 Å². The Kier molecular flexibility index (Phi) is 11.3. The summed E-state index contributed by atoms with van der Waals surface area (Å²) in [6.45, 7) is 0. The molecule has 0 aromatic heterocycles. The average Bonchev–Trinajstić information content (AvgIpc) is 3.07. The van der Waals surface area contributed by atoms with Crippen LogP contribution in [0.1, 0.15) is 26.7 Å². The Labute approximate surface area is 289 Å². The fraction of sp³-hybridized carbons (Fsp3) is 0.0278. The van der Waals surface area contributed by atoms with Gasteiger partial charge < -0.3 is 16.0 Å². The molecule has 46 heavy (non-hydrogen) atoms. The van der Waals surface area contributed by atoms with Gasteiger partial charge in [0.1, 0.15) is 10.9 Å². The van der Waals surface area contributed by atoms with E-state index in [1.165, 1.54) is 11.8 Å². The molecular formula is C36H26BrCl2N3O3S. The van der Waals surface area contributed by atoms with E-state index in [4.69, 9.17) is 23.2 Å². The smallest absolute Gasteiger partial charge is 0.272 e. The Hall–Kier alpha value is -4.34. The van der Waals surface area contributed by atoms with E-state index in [1.54, 1.807) is 66.7 Å². The summed E-state index contributed by atoms with van der Waals surface area (Å²) in [6, 6.07) is 37.5. The zero-order valence-corrected chi connectivity index (χ0v) is 28.0. The van der Waals surface area contributed by atoms with Crippen molar-refractivity contribution in [2.24, 2.45) is 0 Å². The van der Waals surface area contributed by atoms with E-state index in [0.29, 0.717) is 27.0 Å². The molecule has 3 N–H and O–H groups in total. The van der Waals surface area contributed by atoms with E-state index >= 15 is 0 Å². The Morgan fingerprint density at radius 1 is 0.696 bits per heavy atom. The Morgan fingerprint density at radius 3 is 2.07 bits per heavy atom. The zero-order chi connectivity index (χ0) is 32.5. The van der Waals surface area contributed by atoms with E-state index < -0.39 is 17.1 Å². The van der Waals surface area contributed by atoms with Crippen molar-refractivity contribution in [2.75, 3.05) is 10.6 Å². The van der Waals surface area contributed by atoms with Crippen LogP contribution in [0.4, 0.5) is 11.4 Å². The van der Waals surface area contributed by atoms with E-state index in [2.05, 4.69) is 31.9 Å². The molecular weight excluding hydrogens is 705 g/mol. The quantitative estimate of drug-likeness (QED) is 0.0987. The van der Waals surface area contributed by atoms with Gasteiger partial charge >= 0.3 is 0 Å². The van der Waals surface area contributed by atoms with Crippen LogP contribution < -0.4 is 16.0 Å². The number of rotatable bonds is 10. The summed E-state index contributed by atoms with van der Waals surface area (Å²) in [5, 5.41) is 8.67. The van der Waals surface area contributed by atoms with Crippen LogP contribution in [0, 0.1) is 0 Å². The Morgan fingerprint density at radius 2 is 1.37 bits per heavy atom. The van der Waals surface area contributed by atoms with Crippen molar-refractivity contribution < 1.29 is 14.4 Å². The van der Waals surface area contributed by atoms with Crippen molar-refractivity contribution in [3.8, 4) is 0 Å². The van der Waals surface area contributed by atoms with Crippen LogP contribution >= 0.6 is 50.9 Å². The monoisotopic (exact) mass is 729 g/mol. The lowest BCUT2D eigenvalue weighted by atomic mass is 10.1. The van der Waals surface area contributed by atoms with E-state index in [1.807, 2.05) is 66.7 Å². The highest BCUT2D eigenvalue weighted by Gasteiger charge is 2.23. The van der Waals surface area contributed by atoms with Crippen LogP contribution in [-0.2, 0) is 9.59 Å². The standard InChI is InChI=1S/C36H26BrCl2N3O3S/c37-26-16-14-23(15-17-26)20-32(42-34(43)25-10-5-2-6-11-25)35(44)40-27-12-7-13-29(21-27)46-33(24-8-3-1-4-9-24)36(45)41-28-18-19-30(38)31(39)22-28/h1-22,33H,(H,40,44)(H,41,45)(H,42,43)/b32-20-. The molecule has 1 atom stereocenters. The normalized spacial score (nSPS) is 11.8. The second kappa shape index (κ2) is 15.8. The molecule has 6 nitrogen and oxygen atoms in total. The molecule has 0 bridgehead atoms. The van der Waals surface area contributed by atoms with Gasteiger partial charge in [-0.3, -0.25) is 14.4 Å². The summed E-state index contributed by atoms with van der Waals surface area (Å²) >= 11 is 17.0. The van der Waals surface area contributed by atoms with Crippen molar-refractivity contribution in [1.29, 1.82) is 0 Å². The van der Waals surface area contributed by atoms with Gasteiger partial charge in [-0.05, 0) is 77.9 Å². The van der Waals surface area contributed by atoms with Crippen molar-refractivity contribution in [3.05, 3.63) is 164 Å². The molecule has 3 amide bonds. The maximum atomic E-state index is 13.6. The van der Waals surface area contributed by atoms with Gasteiger partial charge in [-0.1, -0.05) is 106 Å². The highest BCUT2D eigenvalue weighted by molar-refractivity contribution is 9.10. The molecule has 0 aliphatic rings. The number of carbonyl (C=O) groups excluding carboxylic acids is 3. The fourth-order valence-corrected chi connectivity index (χ4v) is 5.98. The minimum Gasteiger partial charge on any atom is -0.325 e. The van der Waals surface area contributed by atoms with Gasteiger partial charge in [-0.2, -0.15) is 0 Å². The van der Waals surface area contributed by atoms with Crippen LogP contribution in [-0.4, -0.2) is 17.7 Å². The van der Waals surface area contributed by atoms with Crippen molar-refractivity contribution in [3.63, 3.8) is 0 Å². The molecule has 0 radical (unpaired) electrons. The SMILES string of the molecule is O=C(Nc1cccc(SC(C(=O)Nc2ccc(Cl)c(Cl)c2)c2ccccc2)c1)/C(=C/c1ccc(Br)cc1)NC(=O)c1ccccc1. The van der Waals surface area contributed by atoms with E-state index in [0.717, 1.165) is 20.5 Å². The number of thioether (sulfide) groups is 1. The summed E-state index contributed by atoms with van der Waals surface area (Å²) in [4.78, 5) is 40.9. The van der Waals surface area contributed by atoms with Gasteiger partial charge in [0.2, 0.25) is 5.91 Å². The first-order valence-electron chi connectivity index (χ1n) is 14.0. The number of anilines is 2. The molecule has 5 aromatic rings. The fourth-order valence-electron chi connectivity index (χ4n) is 4.33. The number of halogens is 3. The summed E-state index contributed by atoms with van der Waals surface area (Å²) in [5.41, 5.74) is 3.01. The molecule has 5 aromatic carbocycles. The lowest BCUT2D eigenvalue weighted by Crippen LogP contribution is -2.30. The third-order valence-electron chi connectivity index (χ3n) is 6.58. The van der Waals surface area contributed by atoms with Crippen LogP contribution in [0.5, 0.6) is 0 Å². The second-order valence-corrected chi connectivity index (χ2v) is 12.8. The maximum Gasteiger partial charge on any atom is 0.272 e. The maximum absolute atomic E-state index is 13.6. The van der Waals surface area contributed by atoms with Gasteiger partial charge in [-0.25, -0.2) is 0 Å². The summed E-state index contributed by atoms with van der Waals surface area (Å²) in [6.07, 6.45) is 1.61. The first-order chi connectivity index (χ1) is 22.2. The number of hydrogen-bond donors (Lipinski definition) is 3. The minimum absolute atomic E-state index is 0.0670. The van der Waals surface area contributed by atoms with Crippen LogP contribution in [0.25, 0.3) is 6.08 Å². The molecule has 0 aliphatic heterocycles. The third kappa shape index (κ3) is 9.11. The van der Waals surface area contributed by atoms with Gasteiger partial charge in [0, 0.05) is 26.3 Å². The summed E-state index contributed by atoms with van der Waals surface area (Å²) in [7, 11) is 0. The number of carbonyl (C=O) groups is 3. The zero-order valence-electron chi connectivity index (χ0n) is 24.0. The highest BCUT2D eigenvalue weighted by atomic mass is 79.9. The number of nitrogens with one attached hydrogen (secondary N) is 3. The lowest BCUT2D eigenvalue weighted by molar-refractivity contribution is -0.116. The number of amides is 3. The number of benzene rings is 5. The molecule has 1 unspecified atom stereocenters. The van der Waals surface area contributed by atoms with Gasteiger partial charge in [0.15, 0.2) is 0 Å². The third-order valence-corrected chi connectivity index (χ3v) is 9.10. The average molecular weight is 731 g/mol. The van der Waals surface area contributed by atoms with Crippen LogP contribution in [0.15, 0.2) is 142 Å². The van der Waals surface area contributed by atoms with Gasteiger partial charge in [0.05, 0.1) is 10.0 Å². The minimum atomic E-state index is -0.625. The molecule has 5 rings (SSSR count). The predicted molar refractivity (Wildman–Crippen MR) is 191 cm³/mol. The van der Waals surface area contributed by atoms with E-state index in [-0.39, 0.29) is 11.6 Å². The Balaban J connectivity index is 1.37. The molecule has 0 aliphatic carbocycles. The van der Waals surface area contributed by atoms with Gasteiger partial charge in [-0.15, -0.1) is 11.8 Å². The lowest BCUT2D eigenvalue weighted by Gasteiger charge is -2.18. The van der Waals surface area contributed by atoms with E-state index in [9.17, 15) is 14.4 Å². The largest absolute Gasteiger partial charge is 0.325 e. The first kappa shape index (κ1) is 33.0. The van der Waals surface area contributed by atoms with Crippen molar-refractivity contribution in [1.82, 2.24) is 5.32 Å². The number of hydrogen-bond acceptors (Lipinski definition) is 4. The molecule has 230 valence electrons. The molecule has 0 heterocycles. The molecule has 0 spiro atoms. The predicted octanol–water partition coefficient (Wildman–Crippen LogP) is 9.64. The first-order valence-corrected chi connectivity index (χ1v) is 16.4. The van der Waals surface area contributed by atoms with Crippen molar-refractivity contribution >= 4 is 86.1 Å². The summed E-state index contributed by atoms with van der Waals surface area (Å²) < 4.78 is 0.887. The molecule has 0 saturated heterocycles. The second-order valence-electron chi connectivity index (χ2n) is 9.94. The van der Waals surface area contributed by atoms with Crippen molar-refractivity contribution in [2.45, 2.75) is 10.1 Å². The summed E-state index contributed by atoms with van der Waals surface area (Å²) in [5.74, 6) is -1.18. The molecule has 10 heteroatoms. The molecule has 0 fully saturated rings. The molecule has 0 saturated carbocycles. The Bertz CT molecular complexity index is 1890. The highest BCUT2D eigenvalue weighted by Crippen LogP contribution is 2.37. The van der Waals surface area contributed by atoms with Crippen LogP contribution in [0.3, 0.4) is 0 Å².